The molecule has 1 unspecified atom stereocenters. The highest BCUT2D eigenvalue weighted by Gasteiger charge is 2.41. The van der Waals surface area contributed by atoms with Crippen LogP contribution in [0.5, 0.6) is 0 Å². The van der Waals surface area contributed by atoms with E-state index in [0.29, 0.717) is 5.56 Å². The van der Waals surface area contributed by atoms with Crippen LogP contribution in [-0.2, 0) is 15.4 Å². The Kier molecular flexibility index (Phi) is 2.43. The number of pyridine rings is 1. The minimum Gasteiger partial charge on any atom is -0.384 e. The third-order valence-electron chi connectivity index (χ3n) is 3.43. The summed E-state index contributed by atoms with van der Waals surface area (Å²) in [6, 6.07) is 9.19. The van der Waals surface area contributed by atoms with Crippen LogP contribution in [0.2, 0.25) is 0 Å². The van der Waals surface area contributed by atoms with Gasteiger partial charge in [-0.05, 0) is 24.1 Å². The van der Waals surface area contributed by atoms with E-state index in [4.69, 9.17) is 0 Å². The molecule has 1 aromatic carbocycles. The lowest BCUT2D eigenvalue weighted by molar-refractivity contribution is 0.0654. The van der Waals surface area contributed by atoms with Crippen molar-refractivity contribution in [3.63, 3.8) is 0 Å². The third kappa shape index (κ3) is 1.89. The Morgan fingerprint density at radius 2 is 2.11 bits per heavy atom. The molecule has 4 nitrogen and oxygen atoms in total. The fraction of sp³-hybridized carbons (Fsp3) is 0.308. The lowest BCUT2D eigenvalue weighted by atomic mass is 9.92. The van der Waals surface area contributed by atoms with Gasteiger partial charge in [-0.1, -0.05) is 18.2 Å². The lowest BCUT2D eigenvalue weighted by Crippen LogP contribution is -2.26. The smallest absolute Gasteiger partial charge is 0.153 e. The molecule has 18 heavy (non-hydrogen) atoms. The number of fused-ring (bicyclic) bond motifs is 1. The highest BCUT2D eigenvalue weighted by molar-refractivity contribution is 7.91. The molecule has 1 atom stereocenters. The predicted molar refractivity (Wildman–Crippen MR) is 68.9 cm³/mol. The van der Waals surface area contributed by atoms with Gasteiger partial charge in [0, 0.05) is 11.6 Å². The van der Waals surface area contributed by atoms with Crippen LogP contribution >= 0.6 is 0 Å². The zero-order chi connectivity index (χ0) is 12.8. The number of hydrogen-bond acceptors (Lipinski definition) is 4. The molecule has 1 aliphatic rings. The summed E-state index contributed by atoms with van der Waals surface area (Å²) >= 11 is 0. The second-order valence-corrected chi connectivity index (χ2v) is 6.97. The second-order valence-electron chi connectivity index (χ2n) is 4.78. The molecule has 1 N–H and O–H groups in total. The highest BCUT2D eigenvalue weighted by atomic mass is 32.2. The molecule has 0 amide bonds. The highest BCUT2D eigenvalue weighted by Crippen LogP contribution is 2.34. The van der Waals surface area contributed by atoms with Crippen molar-refractivity contribution in [3.8, 4) is 0 Å². The van der Waals surface area contributed by atoms with Gasteiger partial charge in [0.1, 0.15) is 5.60 Å². The van der Waals surface area contributed by atoms with Crippen molar-refractivity contribution in [3.05, 3.63) is 42.1 Å². The Balaban J connectivity index is 2.10. The van der Waals surface area contributed by atoms with E-state index in [2.05, 4.69) is 4.98 Å². The maximum atomic E-state index is 11.5. The summed E-state index contributed by atoms with van der Waals surface area (Å²) in [6.07, 6.45) is 1.94. The number of nitrogens with zero attached hydrogens (tertiary/aromatic N) is 1. The zero-order valence-corrected chi connectivity index (χ0v) is 10.5. The molecule has 2 heterocycles. The van der Waals surface area contributed by atoms with E-state index in [9.17, 15) is 13.5 Å². The van der Waals surface area contributed by atoms with Crippen molar-refractivity contribution >= 4 is 20.7 Å². The van der Waals surface area contributed by atoms with Crippen LogP contribution in [-0.4, -0.2) is 30.0 Å². The molecular formula is C13H13NO3S. The Morgan fingerprint density at radius 1 is 1.28 bits per heavy atom. The third-order valence-corrected chi connectivity index (χ3v) is 5.17. The van der Waals surface area contributed by atoms with E-state index >= 15 is 0 Å². The second kappa shape index (κ2) is 3.76. The normalized spacial score (nSPS) is 26.5. The van der Waals surface area contributed by atoms with Crippen molar-refractivity contribution in [2.24, 2.45) is 0 Å². The molecule has 5 heteroatoms. The van der Waals surface area contributed by atoms with E-state index < -0.39 is 15.4 Å². The first-order valence-electron chi connectivity index (χ1n) is 5.77. The summed E-state index contributed by atoms with van der Waals surface area (Å²) in [4.78, 5) is 4.22. The standard InChI is InChI=1S/C13H13NO3S/c15-13(5-7-18(16,17)9-13)11-4-3-10-2-1-6-14-12(10)8-11/h1-4,6,8,15H,5,7,9H2. The number of aliphatic hydroxyl groups is 1. The first-order chi connectivity index (χ1) is 8.49. The monoisotopic (exact) mass is 263 g/mol. The van der Waals surface area contributed by atoms with Crippen LogP contribution in [0.25, 0.3) is 10.9 Å². The van der Waals surface area contributed by atoms with Crippen LogP contribution in [0.15, 0.2) is 36.5 Å². The Bertz CT molecular complexity index is 711. The van der Waals surface area contributed by atoms with Crippen LogP contribution in [0.3, 0.4) is 0 Å². The Morgan fingerprint density at radius 3 is 2.83 bits per heavy atom. The number of benzene rings is 1. The van der Waals surface area contributed by atoms with Gasteiger partial charge >= 0.3 is 0 Å². The molecule has 1 aliphatic heterocycles. The maximum Gasteiger partial charge on any atom is 0.153 e. The SMILES string of the molecule is O=S1(=O)CCC(O)(c2ccc3cccnc3c2)C1. The summed E-state index contributed by atoms with van der Waals surface area (Å²) in [7, 11) is -3.13. The Labute approximate surface area is 105 Å². The largest absolute Gasteiger partial charge is 0.384 e. The van der Waals surface area contributed by atoms with Crippen LogP contribution in [0, 0.1) is 0 Å². The topological polar surface area (TPSA) is 67.3 Å². The zero-order valence-electron chi connectivity index (χ0n) is 9.70. The molecule has 0 bridgehead atoms. The molecule has 94 valence electrons. The predicted octanol–water partition coefficient (Wildman–Crippen LogP) is 1.24. The van der Waals surface area contributed by atoms with E-state index in [-0.39, 0.29) is 17.9 Å². The van der Waals surface area contributed by atoms with Gasteiger partial charge in [-0.15, -0.1) is 0 Å². The molecular weight excluding hydrogens is 250 g/mol. The van der Waals surface area contributed by atoms with Gasteiger partial charge in [-0.2, -0.15) is 0 Å². The molecule has 0 saturated carbocycles. The first kappa shape index (κ1) is 11.6. The average molecular weight is 263 g/mol. The number of rotatable bonds is 1. The molecule has 1 fully saturated rings. The van der Waals surface area contributed by atoms with Crippen molar-refractivity contribution in [1.82, 2.24) is 4.98 Å². The summed E-state index contributed by atoms with van der Waals surface area (Å²) in [5, 5.41) is 11.4. The van der Waals surface area contributed by atoms with Gasteiger partial charge in [0.2, 0.25) is 0 Å². The van der Waals surface area contributed by atoms with Crippen LogP contribution < -0.4 is 0 Å². The van der Waals surface area contributed by atoms with E-state index in [0.717, 1.165) is 10.9 Å². The molecule has 2 aromatic rings. The van der Waals surface area contributed by atoms with Crippen molar-refractivity contribution < 1.29 is 13.5 Å². The average Bonchev–Trinajstić information content (AvgIpc) is 2.64. The van der Waals surface area contributed by atoms with Gasteiger partial charge < -0.3 is 5.11 Å². The van der Waals surface area contributed by atoms with E-state index in [1.54, 1.807) is 18.3 Å². The van der Waals surface area contributed by atoms with Gasteiger partial charge in [0.25, 0.3) is 0 Å². The molecule has 0 spiro atoms. The summed E-state index contributed by atoms with van der Waals surface area (Å²) in [5.74, 6) is -0.151. The fourth-order valence-electron chi connectivity index (χ4n) is 2.42. The van der Waals surface area contributed by atoms with Crippen molar-refractivity contribution in [2.75, 3.05) is 11.5 Å². The van der Waals surface area contributed by atoms with Crippen molar-refractivity contribution in [1.29, 1.82) is 0 Å². The fourth-order valence-corrected chi connectivity index (χ4v) is 4.25. The summed E-state index contributed by atoms with van der Waals surface area (Å²) < 4.78 is 23.0. The minimum atomic E-state index is -3.13. The van der Waals surface area contributed by atoms with E-state index in [1.807, 2.05) is 18.2 Å². The minimum absolute atomic E-state index is 0.0454. The van der Waals surface area contributed by atoms with Crippen LogP contribution in [0.1, 0.15) is 12.0 Å². The van der Waals surface area contributed by atoms with Gasteiger partial charge in [0.05, 0.1) is 17.0 Å². The number of aromatic nitrogens is 1. The van der Waals surface area contributed by atoms with Gasteiger partial charge in [-0.3, -0.25) is 4.98 Å². The van der Waals surface area contributed by atoms with Crippen molar-refractivity contribution in [2.45, 2.75) is 12.0 Å². The quantitative estimate of drug-likeness (QED) is 0.840. The summed E-state index contributed by atoms with van der Waals surface area (Å²) in [6.45, 7) is 0. The molecule has 1 aromatic heterocycles. The number of sulfone groups is 1. The van der Waals surface area contributed by atoms with Crippen LogP contribution in [0.4, 0.5) is 0 Å². The first-order valence-corrected chi connectivity index (χ1v) is 7.59. The number of hydrogen-bond donors (Lipinski definition) is 1. The van der Waals surface area contributed by atoms with Gasteiger partial charge in [0.15, 0.2) is 9.84 Å². The Hall–Kier alpha value is -1.46. The lowest BCUT2D eigenvalue weighted by Gasteiger charge is -2.21. The molecule has 3 rings (SSSR count). The maximum absolute atomic E-state index is 11.5. The molecule has 0 aliphatic carbocycles. The molecule has 1 saturated heterocycles. The molecule has 0 radical (unpaired) electrons. The van der Waals surface area contributed by atoms with Gasteiger partial charge in [-0.25, -0.2) is 8.42 Å². The van der Waals surface area contributed by atoms with E-state index in [1.165, 1.54) is 0 Å². The summed E-state index contributed by atoms with van der Waals surface area (Å²) in [5.41, 5.74) is 0.146.